The zero-order chi connectivity index (χ0) is 14.9. The van der Waals surface area contributed by atoms with Crippen LogP contribution in [0.1, 0.15) is 17.0 Å². The Hall–Kier alpha value is -1.66. The van der Waals surface area contributed by atoms with Crippen LogP contribution in [0.15, 0.2) is 24.4 Å². The first kappa shape index (κ1) is 14.0. The van der Waals surface area contributed by atoms with E-state index in [2.05, 4.69) is 31.9 Å². The van der Waals surface area contributed by atoms with E-state index in [0.717, 1.165) is 50.0 Å². The number of nitrogen functional groups attached to an aromatic ring is 1. The van der Waals surface area contributed by atoms with E-state index < -0.39 is 0 Å². The SMILES string of the molecule is Nc1nc2c(s1)C[C@H](N1CCN(c3ccccn3)CC1)CC2. The number of rotatable bonds is 2. The molecule has 0 amide bonds. The van der Waals surface area contributed by atoms with Crippen LogP contribution in [0.25, 0.3) is 0 Å². The molecule has 6 heteroatoms. The summed E-state index contributed by atoms with van der Waals surface area (Å²) in [5, 5.41) is 0.727. The molecule has 1 fully saturated rings. The van der Waals surface area contributed by atoms with Crippen LogP contribution in [-0.2, 0) is 12.8 Å². The van der Waals surface area contributed by atoms with Gasteiger partial charge in [-0.05, 0) is 31.4 Å². The third kappa shape index (κ3) is 2.68. The summed E-state index contributed by atoms with van der Waals surface area (Å²) in [5.74, 6) is 1.10. The standard InChI is InChI=1S/C16H21N5S/c17-16-19-13-5-4-12(11-14(13)22-16)20-7-9-21(10-8-20)15-3-1-2-6-18-15/h1-3,6,12H,4-5,7-11H2,(H2,17,19)/t12-/m1/s1. The molecule has 2 N–H and O–H groups in total. The predicted octanol–water partition coefficient (Wildman–Crippen LogP) is 1.80. The van der Waals surface area contributed by atoms with Crippen molar-refractivity contribution in [3.8, 4) is 0 Å². The van der Waals surface area contributed by atoms with E-state index in [4.69, 9.17) is 5.73 Å². The van der Waals surface area contributed by atoms with E-state index in [1.807, 2.05) is 12.3 Å². The van der Waals surface area contributed by atoms with Crippen molar-refractivity contribution in [1.29, 1.82) is 0 Å². The molecule has 0 spiro atoms. The van der Waals surface area contributed by atoms with E-state index in [-0.39, 0.29) is 0 Å². The summed E-state index contributed by atoms with van der Waals surface area (Å²) < 4.78 is 0. The van der Waals surface area contributed by atoms with Crippen molar-refractivity contribution < 1.29 is 0 Å². The average Bonchev–Trinajstić information content (AvgIpc) is 2.95. The first-order chi connectivity index (χ1) is 10.8. The smallest absolute Gasteiger partial charge is 0.180 e. The van der Waals surface area contributed by atoms with Gasteiger partial charge in [-0.1, -0.05) is 6.07 Å². The van der Waals surface area contributed by atoms with Crippen molar-refractivity contribution in [2.75, 3.05) is 36.8 Å². The highest BCUT2D eigenvalue weighted by molar-refractivity contribution is 7.15. The highest BCUT2D eigenvalue weighted by Crippen LogP contribution is 2.30. The summed E-state index contributed by atoms with van der Waals surface area (Å²) in [6.45, 7) is 4.35. The van der Waals surface area contributed by atoms with Gasteiger partial charge in [0.2, 0.25) is 0 Å². The van der Waals surface area contributed by atoms with Crippen LogP contribution in [0.2, 0.25) is 0 Å². The minimum Gasteiger partial charge on any atom is -0.375 e. The second-order valence-electron chi connectivity index (χ2n) is 6.03. The molecule has 1 saturated heterocycles. The van der Waals surface area contributed by atoms with Crippen molar-refractivity contribution in [2.45, 2.75) is 25.3 Å². The minimum atomic E-state index is 0.651. The van der Waals surface area contributed by atoms with Crippen molar-refractivity contribution in [2.24, 2.45) is 0 Å². The Balaban J connectivity index is 1.38. The van der Waals surface area contributed by atoms with Crippen molar-refractivity contribution >= 4 is 22.3 Å². The van der Waals surface area contributed by atoms with Gasteiger partial charge in [-0.25, -0.2) is 9.97 Å². The molecule has 1 aliphatic heterocycles. The summed E-state index contributed by atoms with van der Waals surface area (Å²) in [5.41, 5.74) is 7.09. The predicted molar refractivity (Wildman–Crippen MR) is 90.4 cm³/mol. The highest BCUT2D eigenvalue weighted by atomic mass is 32.1. The van der Waals surface area contributed by atoms with Gasteiger partial charge in [0.25, 0.3) is 0 Å². The first-order valence-corrected chi connectivity index (χ1v) is 8.75. The van der Waals surface area contributed by atoms with E-state index in [9.17, 15) is 0 Å². The van der Waals surface area contributed by atoms with Gasteiger partial charge >= 0.3 is 0 Å². The number of anilines is 2. The lowest BCUT2D eigenvalue weighted by Crippen LogP contribution is -2.51. The molecule has 22 heavy (non-hydrogen) atoms. The summed E-state index contributed by atoms with van der Waals surface area (Å²) in [6.07, 6.45) is 5.28. The molecule has 0 aromatic carbocycles. The molecule has 1 atom stereocenters. The Morgan fingerprint density at radius 2 is 2.05 bits per heavy atom. The van der Waals surface area contributed by atoms with E-state index in [1.54, 1.807) is 11.3 Å². The number of aryl methyl sites for hydroxylation is 1. The van der Waals surface area contributed by atoms with Gasteiger partial charge in [-0.3, -0.25) is 4.90 Å². The van der Waals surface area contributed by atoms with E-state index >= 15 is 0 Å². The summed E-state index contributed by atoms with van der Waals surface area (Å²) in [4.78, 5) is 15.3. The van der Waals surface area contributed by atoms with Gasteiger partial charge in [-0.2, -0.15) is 0 Å². The Kier molecular flexibility index (Phi) is 3.72. The largest absolute Gasteiger partial charge is 0.375 e. The first-order valence-electron chi connectivity index (χ1n) is 7.93. The van der Waals surface area contributed by atoms with Crippen LogP contribution < -0.4 is 10.6 Å². The Morgan fingerprint density at radius 3 is 2.82 bits per heavy atom. The number of piperazine rings is 1. The van der Waals surface area contributed by atoms with Crippen molar-refractivity contribution in [3.63, 3.8) is 0 Å². The molecule has 116 valence electrons. The Morgan fingerprint density at radius 1 is 1.18 bits per heavy atom. The number of aromatic nitrogens is 2. The fraction of sp³-hybridized carbons (Fsp3) is 0.500. The lowest BCUT2D eigenvalue weighted by Gasteiger charge is -2.40. The van der Waals surface area contributed by atoms with Gasteiger partial charge in [0.1, 0.15) is 5.82 Å². The maximum Gasteiger partial charge on any atom is 0.180 e. The molecule has 0 unspecified atom stereocenters. The van der Waals surface area contributed by atoms with Crippen molar-refractivity contribution in [1.82, 2.24) is 14.9 Å². The zero-order valence-electron chi connectivity index (χ0n) is 12.6. The van der Waals surface area contributed by atoms with Crippen LogP contribution in [0, 0.1) is 0 Å². The zero-order valence-corrected chi connectivity index (χ0v) is 13.4. The Bertz CT molecular complexity index is 633. The number of pyridine rings is 1. The summed E-state index contributed by atoms with van der Waals surface area (Å²) >= 11 is 1.67. The Labute approximate surface area is 134 Å². The lowest BCUT2D eigenvalue weighted by atomic mass is 9.96. The number of nitrogens with zero attached hydrogens (tertiary/aromatic N) is 4. The third-order valence-electron chi connectivity index (χ3n) is 4.73. The van der Waals surface area contributed by atoms with Crippen LogP contribution in [-0.4, -0.2) is 47.1 Å². The molecular formula is C16H21N5S. The lowest BCUT2D eigenvalue weighted by molar-refractivity contribution is 0.170. The number of nitrogens with two attached hydrogens (primary N) is 1. The van der Waals surface area contributed by atoms with Gasteiger partial charge < -0.3 is 10.6 Å². The quantitative estimate of drug-likeness (QED) is 0.916. The molecular weight excluding hydrogens is 294 g/mol. The molecule has 3 heterocycles. The van der Waals surface area contributed by atoms with E-state index in [0.29, 0.717) is 6.04 Å². The second-order valence-corrected chi connectivity index (χ2v) is 7.14. The topological polar surface area (TPSA) is 58.3 Å². The fourth-order valence-electron chi connectivity index (χ4n) is 3.55. The molecule has 2 aromatic heterocycles. The number of thiazole rings is 1. The maximum absolute atomic E-state index is 5.85. The summed E-state index contributed by atoms with van der Waals surface area (Å²) in [7, 11) is 0. The average molecular weight is 315 g/mol. The highest BCUT2D eigenvalue weighted by Gasteiger charge is 2.29. The summed E-state index contributed by atoms with van der Waals surface area (Å²) in [6, 6.07) is 6.78. The molecule has 1 aliphatic carbocycles. The molecule has 0 saturated carbocycles. The van der Waals surface area contributed by atoms with Gasteiger partial charge in [0.05, 0.1) is 5.69 Å². The third-order valence-corrected chi connectivity index (χ3v) is 5.68. The van der Waals surface area contributed by atoms with Gasteiger partial charge in [0, 0.05) is 43.3 Å². The maximum atomic E-state index is 5.85. The number of fused-ring (bicyclic) bond motifs is 1. The normalized spacial score (nSPS) is 22.5. The molecule has 0 radical (unpaired) electrons. The van der Waals surface area contributed by atoms with E-state index in [1.165, 1.54) is 17.0 Å². The van der Waals surface area contributed by atoms with Crippen LogP contribution in [0.5, 0.6) is 0 Å². The minimum absolute atomic E-state index is 0.651. The molecule has 0 bridgehead atoms. The fourth-order valence-corrected chi connectivity index (χ4v) is 4.50. The van der Waals surface area contributed by atoms with Gasteiger partial charge in [0.15, 0.2) is 5.13 Å². The van der Waals surface area contributed by atoms with Gasteiger partial charge in [-0.15, -0.1) is 11.3 Å². The van der Waals surface area contributed by atoms with Crippen molar-refractivity contribution in [3.05, 3.63) is 35.0 Å². The number of hydrogen-bond donors (Lipinski definition) is 1. The molecule has 4 rings (SSSR count). The second kappa shape index (κ2) is 5.85. The van der Waals surface area contributed by atoms with Crippen LogP contribution >= 0.6 is 11.3 Å². The monoisotopic (exact) mass is 315 g/mol. The number of hydrogen-bond acceptors (Lipinski definition) is 6. The van der Waals surface area contributed by atoms with Crippen LogP contribution in [0.3, 0.4) is 0 Å². The molecule has 5 nitrogen and oxygen atoms in total. The van der Waals surface area contributed by atoms with Crippen LogP contribution in [0.4, 0.5) is 10.9 Å². The molecule has 2 aliphatic rings. The molecule has 2 aromatic rings.